The molecule has 1 aliphatic heterocycles. The van der Waals surface area contributed by atoms with Gasteiger partial charge < -0.3 is 4.90 Å². The molecule has 4 rings (SSSR count). The summed E-state index contributed by atoms with van der Waals surface area (Å²) in [5.74, 6) is -0.0522. The third kappa shape index (κ3) is 3.08. The van der Waals surface area contributed by atoms with Crippen molar-refractivity contribution < 1.29 is 9.59 Å². The summed E-state index contributed by atoms with van der Waals surface area (Å²) in [5.41, 5.74) is 2.05. The first-order chi connectivity index (χ1) is 13.0. The second-order valence-electron chi connectivity index (χ2n) is 6.76. The zero-order valence-corrected chi connectivity index (χ0v) is 16.0. The van der Waals surface area contributed by atoms with Crippen LogP contribution >= 0.6 is 11.3 Å². The first-order valence-electron chi connectivity index (χ1n) is 8.84. The Balaban J connectivity index is 1.58. The number of amides is 1. The second kappa shape index (κ2) is 6.74. The number of Topliss-reactive ketones (excluding diaryl/α,β-unsaturated/α-hetero) is 1. The van der Waals surface area contributed by atoms with E-state index < -0.39 is 0 Å². The van der Waals surface area contributed by atoms with Crippen molar-refractivity contribution >= 4 is 38.9 Å². The van der Waals surface area contributed by atoms with Gasteiger partial charge in [0.05, 0.1) is 18.3 Å². The van der Waals surface area contributed by atoms with Crippen LogP contribution in [0.3, 0.4) is 0 Å². The summed E-state index contributed by atoms with van der Waals surface area (Å²) in [4.78, 5) is 45.0. The van der Waals surface area contributed by atoms with Crippen LogP contribution < -0.4 is 10.5 Å². The Morgan fingerprint density at radius 3 is 2.59 bits per heavy atom. The predicted molar refractivity (Wildman–Crippen MR) is 106 cm³/mol. The number of nitrogens with zero attached hydrogens (tertiary/aromatic N) is 3. The summed E-state index contributed by atoms with van der Waals surface area (Å²) < 4.78 is 1.36. The molecule has 138 valence electrons. The largest absolute Gasteiger partial charge is 0.312 e. The lowest BCUT2D eigenvalue weighted by atomic mass is 10.1. The average Bonchev–Trinajstić information content (AvgIpc) is 3.21. The molecule has 3 aromatic rings. The predicted octanol–water partition coefficient (Wildman–Crippen LogP) is 3.08. The van der Waals surface area contributed by atoms with E-state index in [0.717, 1.165) is 22.5 Å². The van der Waals surface area contributed by atoms with E-state index in [1.807, 2.05) is 13.8 Å². The van der Waals surface area contributed by atoms with E-state index >= 15 is 0 Å². The SMILES string of the molecule is Cc1sc2ncn(CC(=O)c3ccc(N4CCCC4=O)cc3)c(=O)c2c1C. The monoisotopic (exact) mass is 381 g/mol. The number of hydrogen-bond donors (Lipinski definition) is 0. The van der Waals surface area contributed by atoms with Gasteiger partial charge in [-0.1, -0.05) is 0 Å². The van der Waals surface area contributed by atoms with Crippen LogP contribution in [0.4, 0.5) is 5.69 Å². The number of carbonyl (C=O) groups excluding carboxylic acids is 2. The molecule has 3 heterocycles. The first kappa shape index (κ1) is 17.6. The lowest BCUT2D eigenvalue weighted by molar-refractivity contribution is -0.117. The van der Waals surface area contributed by atoms with Gasteiger partial charge in [0, 0.05) is 29.1 Å². The third-order valence-electron chi connectivity index (χ3n) is 5.04. The summed E-state index contributed by atoms with van der Waals surface area (Å²) in [5, 5.41) is 0.593. The molecule has 2 aromatic heterocycles. The van der Waals surface area contributed by atoms with Crippen LogP contribution in [0.25, 0.3) is 10.2 Å². The Bertz CT molecular complexity index is 1110. The summed E-state index contributed by atoms with van der Waals surface area (Å²) in [6.07, 6.45) is 2.87. The van der Waals surface area contributed by atoms with Crippen LogP contribution in [0.5, 0.6) is 0 Å². The molecule has 0 N–H and O–H groups in total. The minimum absolute atomic E-state index is 0.0574. The van der Waals surface area contributed by atoms with Crippen molar-refractivity contribution in [2.45, 2.75) is 33.2 Å². The molecular formula is C20H19N3O3S. The average molecular weight is 381 g/mol. The molecule has 0 unspecified atom stereocenters. The lowest BCUT2D eigenvalue weighted by Crippen LogP contribution is -2.25. The Kier molecular flexibility index (Phi) is 4.39. The van der Waals surface area contributed by atoms with Gasteiger partial charge in [0.1, 0.15) is 4.83 Å². The van der Waals surface area contributed by atoms with E-state index in [9.17, 15) is 14.4 Å². The van der Waals surface area contributed by atoms with Gasteiger partial charge in [0.25, 0.3) is 5.56 Å². The number of aryl methyl sites for hydroxylation is 2. The molecule has 0 radical (unpaired) electrons. The first-order valence-corrected chi connectivity index (χ1v) is 9.66. The molecule has 1 fully saturated rings. The highest BCUT2D eigenvalue weighted by molar-refractivity contribution is 7.18. The summed E-state index contributed by atoms with van der Waals surface area (Å²) in [6.45, 7) is 4.52. The van der Waals surface area contributed by atoms with Gasteiger partial charge >= 0.3 is 0 Å². The zero-order valence-electron chi connectivity index (χ0n) is 15.2. The summed E-state index contributed by atoms with van der Waals surface area (Å²) in [7, 11) is 0. The standard InChI is InChI=1S/C20H19N3O3S/c1-12-13(2)27-19-18(12)20(26)22(11-21-19)10-16(24)14-5-7-15(8-6-14)23-9-3-4-17(23)25/h5-8,11H,3-4,9-10H2,1-2H3. The van der Waals surface area contributed by atoms with E-state index in [-0.39, 0.29) is 23.8 Å². The summed E-state index contributed by atoms with van der Waals surface area (Å²) in [6, 6.07) is 6.99. The minimum atomic E-state index is -0.186. The van der Waals surface area contributed by atoms with Crippen molar-refractivity contribution in [1.29, 1.82) is 0 Å². The van der Waals surface area contributed by atoms with Crippen molar-refractivity contribution in [3.05, 3.63) is 57.0 Å². The van der Waals surface area contributed by atoms with Gasteiger partial charge in [-0.05, 0) is 50.1 Å². The molecule has 0 aliphatic carbocycles. The van der Waals surface area contributed by atoms with Crippen LogP contribution in [0.1, 0.15) is 33.6 Å². The zero-order chi connectivity index (χ0) is 19.1. The number of thiophene rings is 1. The van der Waals surface area contributed by atoms with Gasteiger partial charge in [0.15, 0.2) is 5.78 Å². The van der Waals surface area contributed by atoms with Crippen molar-refractivity contribution in [2.75, 3.05) is 11.4 Å². The van der Waals surface area contributed by atoms with Gasteiger partial charge in [-0.25, -0.2) is 4.98 Å². The molecular weight excluding hydrogens is 362 g/mol. The maximum Gasteiger partial charge on any atom is 0.262 e. The van der Waals surface area contributed by atoms with Crippen molar-refractivity contribution in [1.82, 2.24) is 9.55 Å². The highest BCUT2D eigenvalue weighted by Gasteiger charge is 2.22. The molecule has 1 saturated heterocycles. The molecule has 0 bridgehead atoms. The number of ketones is 1. The molecule has 6 nitrogen and oxygen atoms in total. The number of carbonyl (C=O) groups is 2. The minimum Gasteiger partial charge on any atom is -0.312 e. The van der Waals surface area contributed by atoms with E-state index in [1.165, 1.54) is 22.2 Å². The van der Waals surface area contributed by atoms with Crippen LogP contribution in [0.15, 0.2) is 35.4 Å². The Hall–Kier alpha value is -2.80. The van der Waals surface area contributed by atoms with Crippen LogP contribution in [0, 0.1) is 13.8 Å². The summed E-state index contributed by atoms with van der Waals surface area (Å²) >= 11 is 1.49. The normalized spacial score (nSPS) is 14.3. The van der Waals surface area contributed by atoms with Crippen LogP contribution in [-0.4, -0.2) is 27.8 Å². The smallest absolute Gasteiger partial charge is 0.262 e. The second-order valence-corrected chi connectivity index (χ2v) is 7.96. The molecule has 1 aromatic carbocycles. The number of aromatic nitrogens is 2. The molecule has 0 saturated carbocycles. The molecule has 0 atom stereocenters. The fourth-order valence-electron chi connectivity index (χ4n) is 3.38. The van der Waals surface area contributed by atoms with E-state index in [2.05, 4.69) is 4.98 Å². The molecule has 27 heavy (non-hydrogen) atoms. The number of anilines is 1. The number of rotatable bonds is 4. The van der Waals surface area contributed by atoms with Gasteiger partial charge in [-0.15, -0.1) is 11.3 Å². The molecule has 0 spiro atoms. The maximum absolute atomic E-state index is 12.7. The van der Waals surface area contributed by atoms with E-state index in [4.69, 9.17) is 0 Å². The molecule has 1 amide bonds. The van der Waals surface area contributed by atoms with Gasteiger partial charge in [-0.3, -0.25) is 19.0 Å². The number of benzene rings is 1. The van der Waals surface area contributed by atoms with Crippen LogP contribution in [-0.2, 0) is 11.3 Å². The highest BCUT2D eigenvalue weighted by atomic mass is 32.1. The fourth-order valence-corrected chi connectivity index (χ4v) is 4.36. The third-order valence-corrected chi connectivity index (χ3v) is 6.16. The number of fused-ring (bicyclic) bond motifs is 1. The molecule has 1 aliphatic rings. The van der Waals surface area contributed by atoms with Crippen LogP contribution in [0.2, 0.25) is 0 Å². The number of hydrogen-bond acceptors (Lipinski definition) is 5. The Morgan fingerprint density at radius 1 is 1.19 bits per heavy atom. The quantitative estimate of drug-likeness (QED) is 0.651. The van der Waals surface area contributed by atoms with Crippen molar-refractivity contribution in [3.63, 3.8) is 0 Å². The Labute approximate surface area is 160 Å². The maximum atomic E-state index is 12.7. The van der Waals surface area contributed by atoms with E-state index in [0.29, 0.717) is 28.7 Å². The lowest BCUT2D eigenvalue weighted by Gasteiger charge is -2.15. The van der Waals surface area contributed by atoms with Gasteiger partial charge in [-0.2, -0.15) is 0 Å². The molecule has 7 heteroatoms. The Morgan fingerprint density at radius 2 is 1.93 bits per heavy atom. The van der Waals surface area contributed by atoms with Gasteiger partial charge in [0.2, 0.25) is 5.91 Å². The highest BCUT2D eigenvalue weighted by Crippen LogP contribution is 2.25. The van der Waals surface area contributed by atoms with E-state index in [1.54, 1.807) is 29.2 Å². The topological polar surface area (TPSA) is 72.3 Å². The fraction of sp³-hybridized carbons (Fsp3) is 0.300. The van der Waals surface area contributed by atoms with Crippen molar-refractivity contribution in [3.8, 4) is 0 Å². The van der Waals surface area contributed by atoms with Crippen molar-refractivity contribution in [2.24, 2.45) is 0 Å².